The number of aliphatic carboxylic acids is 1. The first-order valence-corrected chi connectivity index (χ1v) is 4.51. The third-order valence-electron chi connectivity index (χ3n) is 1.98. The van der Waals surface area contributed by atoms with Gasteiger partial charge in [0, 0.05) is 5.57 Å². The third-order valence-corrected chi connectivity index (χ3v) is 1.98. The second kappa shape index (κ2) is 4.97. The average Bonchev–Trinajstić information content (AvgIpc) is 2.21. The first kappa shape index (κ1) is 11.0. The van der Waals surface area contributed by atoms with Crippen LogP contribution in [0.25, 0.3) is 6.08 Å². The Morgan fingerprint density at radius 1 is 1.47 bits per heavy atom. The first-order valence-electron chi connectivity index (χ1n) is 4.51. The summed E-state index contributed by atoms with van der Waals surface area (Å²) in [6.07, 6.45) is 1.97. The summed E-state index contributed by atoms with van der Waals surface area (Å²) in [7, 11) is 0. The molecule has 0 saturated heterocycles. The standard InChI is InChI=1S/C12H11NO2/c1-9(12(14)15)8-11-4-2-10(3-5-11)6-7-13/h2-5,8H,6H2,1H3,(H,14,15). The molecule has 0 heterocycles. The van der Waals surface area contributed by atoms with Crippen LogP contribution in [0.3, 0.4) is 0 Å². The highest BCUT2D eigenvalue weighted by atomic mass is 16.4. The van der Waals surface area contributed by atoms with Crippen LogP contribution in [0.5, 0.6) is 0 Å². The normalized spacial score (nSPS) is 10.8. The van der Waals surface area contributed by atoms with Gasteiger partial charge in [0.2, 0.25) is 0 Å². The number of carboxylic acids is 1. The molecule has 0 fully saturated rings. The van der Waals surface area contributed by atoms with Crippen molar-refractivity contribution in [3.8, 4) is 6.07 Å². The Balaban J connectivity index is 2.86. The molecule has 0 unspecified atom stereocenters. The molecule has 1 N–H and O–H groups in total. The van der Waals surface area contributed by atoms with Gasteiger partial charge in [0.25, 0.3) is 0 Å². The van der Waals surface area contributed by atoms with Crippen molar-refractivity contribution in [1.82, 2.24) is 0 Å². The lowest BCUT2D eigenvalue weighted by Crippen LogP contribution is -1.95. The van der Waals surface area contributed by atoms with Crippen LogP contribution in [0, 0.1) is 11.3 Å². The number of benzene rings is 1. The van der Waals surface area contributed by atoms with Gasteiger partial charge in [-0.15, -0.1) is 0 Å². The minimum Gasteiger partial charge on any atom is -0.478 e. The Morgan fingerprint density at radius 3 is 2.53 bits per heavy atom. The van der Waals surface area contributed by atoms with Gasteiger partial charge >= 0.3 is 5.97 Å². The van der Waals surface area contributed by atoms with Crippen molar-refractivity contribution in [1.29, 1.82) is 5.26 Å². The maximum absolute atomic E-state index is 10.6. The quantitative estimate of drug-likeness (QED) is 0.763. The van der Waals surface area contributed by atoms with Crippen LogP contribution >= 0.6 is 0 Å². The summed E-state index contributed by atoms with van der Waals surface area (Å²) in [5.74, 6) is -0.920. The third kappa shape index (κ3) is 3.28. The van der Waals surface area contributed by atoms with Gasteiger partial charge in [-0.3, -0.25) is 0 Å². The molecule has 0 saturated carbocycles. The van der Waals surface area contributed by atoms with Crippen LogP contribution in [0.4, 0.5) is 0 Å². The minimum atomic E-state index is -0.920. The Kier molecular flexibility index (Phi) is 3.64. The van der Waals surface area contributed by atoms with Crippen molar-refractivity contribution in [2.24, 2.45) is 0 Å². The summed E-state index contributed by atoms with van der Waals surface area (Å²) in [4.78, 5) is 10.6. The van der Waals surface area contributed by atoms with E-state index < -0.39 is 5.97 Å². The molecule has 0 aliphatic rings. The second-order valence-electron chi connectivity index (χ2n) is 3.21. The molecule has 0 atom stereocenters. The second-order valence-corrected chi connectivity index (χ2v) is 3.21. The van der Waals surface area contributed by atoms with Gasteiger partial charge in [-0.1, -0.05) is 24.3 Å². The van der Waals surface area contributed by atoms with Crippen LogP contribution in [-0.2, 0) is 11.2 Å². The van der Waals surface area contributed by atoms with E-state index in [-0.39, 0.29) is 0 Å². The summed E-state index contributed by atoms with van der Waals surface area (Å²) < 4.78 is 0. The molecule has 0 aliphatic heterocycles. The molecule has 0 spiro atoms. The van der Waals surface area contributed by atoms with Gasteiger partial charge in [-0.25, -0.2) is 4.79 Å². The maximum Gasteiger partial charge on any atom is 0.331 e. The van der Waals surface area contributed by atoms with Gasteiger partial charge < -0.3 is 5.11 Å². The predicted molar refractivity (Wildman–Crippen MR) is 57.0 cm³/mol. The van der Waals surface area contributed by atoms with Gasteiger partial charge in [0.05, 0.1) is 12.5 Å². The first-order chi connectivity index (χ1) is 7.13. The number of hydrogen-bond donors (Lipinski definition) is 1. The van der Waals surface area contributed by atoms with E-state index >= 15 is 0 Å². The molecular weight excluding hydrogens is 190 g/mol. The molecule has 15 heavy (non-hydrogen) atoms. The van der Waals surface area contributed by atoms with Crippen molar-refractivity contribution >= 4 is 12.0 Å². The van der Waals surface area contributed by atoms with E-state index in [0.717, 1.165) is 11.1 Å². The number of rotatable bonds is 3. The summed E-state index contributed by atoms with van der Waals surface area (Å²) in [5, 5.41) is 17.1. The van der Waals surface area contributed by atoms with Crippen LogP contribution in [-0.4, -0.2) is 11.1 Å². The van der Waals surface area contributed by atoms with Crippen LogP contribution < -0.4 is 0 Å². The SMILES string of the molecule is CC(=Cc1ccc(CC#N)cc1)C(=O)O. The highest BCUT2D eigenvalue weighted by Crippen LogP contribution is 2.09. The Bertz CT molecular complexity index is 424. The predicted octanol–water partition coefficient (Wildman–Crippen LogP) is 2.24. The highest BCUT2D eigenvalue weighted by Gasteiger charge is 1.99. The lowest BCUT2D eigenvalue weighted by molar-refractivity contribution is -0.132. The minimum absolute atomic E-state index is 0.294. The molecule has 3 nitrogen and oxygen atoms in total. The summed E-state index contributed by atoms with van der Waals surface area (Å²) in [6.45, 7) is 1.55. The van der Waals surface area contributed by atoms with Crippen molar-refractivity contribution in [3.63, 3.8) is 0 Å². The fraction of sp³-hybridized carbons (Fsp3) is 0.167. The molecule has 0 radical (unpaired) electrons. The number of carboxylic acid groups (broad SMARTS) is 1. The number of nitrogens with zero attached hydrogens (tertiary/aromatic N) is 1. The zero-order valence-corrected chi connectivity index (χ0v) is 8.40. The number of carbonyl (C=O) groups is 1. The van der Waals surface area contributed by atoms with E-state index in [4.69, 9.17) is 10.4 Å². The Hall–Kier alpha value is -2.08. The summed E-state index contributed by atoms with van der Waals surface area (Å²) in [5.41, 5.74) is 2.06. The van der Waals surface area contributed by atoms with Crippen molar-refractivity contribution < 1.29 is 9.90 Å². The topological polar surface area (TPSA) is 61.1 Å². The maximum atomic E-state index is 10.6. The van der Waals surface area contributed by atoms with E-state index in [0.29, 0.717) is 12.0 Å². The number of hydrogen-bond acceptors (Lipinski definition) is 2. The molecule has 3 heteroatoms. The molecular formula is C12H11NO2. The molecule has 0 aromatic heterocycles. The van der Waals surface area contributed by atoms with E-state index in [1.54, 1.807) is 25.1 Å². The van der Waals surface area contributed by atoms with Gasteiger partial charge in [0.1, 0.15) is 0 Å². The molecule has 0 aliphatic carbocycles. The highest BCUT2D eigenvalue weighted by molar-refractivity contribution is 5.91. The van der Waals surface area contributed by atoms with E-state index in [2.05, 4.69) is 6.07 Å². The average molecular weight is 201 g/mol. The lowest BCUT2D eigenvalue weighted by atomic mass is 10.1. The zero-order valence-electron chi connectivity index (χ0n) is 8.40. The lowest BCUT2D eigenvalue weighted by Gasteiger charge is -1.97. The van der Waals surface area contributed by atoms with Gasteiger partial charge in [-0.05, 0) is 24.1 Å². The van der Waals surface area contributed by atoms with Crippen LogP contribution in [0.15, 0.2) is 29.8 Å². The van der Waals surface area contributed by atoms with Crippen LogP contribution in [0.1, 0.15) is 18.1 Å². The van der Waals surface area contributed by atoms with E-state index in [9.17, 15) is 4.79 Å². The fourth-order valence-corrected chi connectivity index (χ4v) is 1.13. The van der Waals surface area contributed by atoms with E-state index in [1.165, 1.54) is 0 Å². The molecule has 1 rings (SSSR count). The monoisotopic (exact) mass is 201 g/mol. The van der Waals surface area contributed by atoms with Crippen molar-refractivity contribution in [2.75, 3.05) is 0 Å². The fourth-order valence-electron chi connectivity index (χ4n) is 1.13. The summed E-state index contributed by atoms with van der Waals surface area (Å²) in [6, 6.07) is 9.31. The zero-order chi connectivity index (χ0) is 11.3. The summed E-state index contributed by atoms with van der Waals surface area (Å²) >= 11 is 0. The smallest absolute Gasteiger partial charge is 0.331 e. The number of nitriles is 1. The van der Waals surface area contributed by atoms with Gasteiger partial charge in [0.15, 0.2) is 0 Å². The van der Waals surface area contributed by atoms with Crippen LogP contribution in [0.2, 0.25) is 0 Å². The molecule has 1 aromatic carbocycles. The Labute approximate surface area is 88.3 Å². The molecule has 0 bridgehead atoms. The van der Waals surface area contributed by atoms with Gasteiger partial charge in [-0.2, -0.15) is 5.26 Å². The molecule has 76 valence electrons. The van der Waals surface area contributed by atoms with Crippen molar-refractivity contribution in [2.45, 2.75) is 13.3 Å². The Morgan fingerprint density at radius 2 is 2.07 bits per heavy atom. The van der Waals surface area contributed by atoms with Crippen molar-refractivity contribution in [3.05, 3.63) is 41.0 Å². The molecule has 1 aromatic rings. The van der Waals surface area contributed by atoms with E-state index in [1.807, 2.05) is 12.1 Å². The molecule has 0 amide bonds. The largest absolute Gasteiger partial charge is 0.478 e.